The van der Waals surface area contributed by atoms with Gasteiger partial charge >= 0.3 is 11.6 Å². The average Bonchev–Trinajstić information content (AvgIpc) is 2.43. The largest absolute Gasteiger partial charge is 0.426 e. The monoisotopic (exact) mass is 288 g/mol. The zero-order chi connectivity index (χ0) is 15.2. The Kier molecular flexibility index (Phi) is 5.14. The Bertz CT molecular complexity index is 685. The number of fused-ring (bicyclic) bond motifs is 1. The summed E-state index contributed by atoms with van der Waals surface area (Å²) < 4.78 is 10.4. The fourth-order valence-electron chi connectivity index (χ4n) is 2.25. The minimum Gasteiger partial charge on any atom is -0.426 e. The molecule has 0 radical (unpaired) electrons. The van der Waals surface area contributed by atoms with E-state index in [1.807, 2.05) is 6.92 Å². The lowest BCUT2D eigenvalue weighted by molar-refractivity contribution is -0.134. The number of esters is 1. The highest BCUT2D eigenvalue weighted by atomic mass is 16.5. The molecule has 0 aliphatic rings. The van der Waals surface area contributed by atoms with Gasteiger partial charge in [-0.25, -0.2) is 4.79 Å². The lowest BCUT2D eigenvalue weighted by Crippen LogP contribution is -2.07. The van der Waals surface area contributed by atoms with E-state index in [9.17, 15) is 9.59 Å². The zero-order valence-electron chi connectivity index (χ0n) is 12.5. The van der Waals surface area contributed by atoms with Gasteiger partial charge in [0.2, 0.25) is 0 Å². The molecule has 0 N–H and O–H groups in total. The number of rotatable bonds is 6. The Morgan fingerprint density at radius 1 is 1.19 bits per heavy atom. The molecule has 112 valence electrons. The van der Waals surface area contributed by atoms with Crippen molar-refractivity contribution in [2.75, 3.05) is 0 Å². The smallest absolute Gasteiger partial charge is 0.336 e. The van der Waals surface area contributed by atoms with E-state index in [1.165, 1.54) is 6.07 Å². The lowest BCUT2D eigenvalue weighted by atomic mass is 10.1. The van der Waals surface area contributed by atoms with Crippen LogP contribution < -0.4 is 10.4 Å². The molecule has 0 bridgehead atoms. The van der Waals surface area contributed by atoms with Crippen LogP contribution in [0.25, 0.3) is 11.0 Å². The maximum atomic E-state index is 11.7. The van der Waals surface area contributed by atoms with E-state index in [0.29, 0.717) is 17.8 Å². The Morgan fingerprint density at radius 2 is 2.00 bits per heavy atom. The first-order valence-corrected chi connectivity index (χ1v) is 7.35. The number of benzene rings is 1. The van der Waals surface area contributed by atoms with Crippen LogP contribution in [0.4, 0.5) is 0 Å². The van der Waals surface area contributed by atoms with E-state index >= 15 is 0 Å². The second kappa shape index (κ2) is 7.07. The molecule has 1 aromatic heterocycles. The van der Waals surface area contributed by atoms with Crippen LogP contribution in [0.15, 0.2) is 33.5 Å². The number of carbonyl (C=O) groups is 1. The van der Waals surface area contributed by atoms with Crippen molar-refractivity contribution < 1.29 is 13.9 Å². The molecule has 0 saturated carbocycles. The molecule has 4 heteroatoms. The summed E-state index contributed by atoms with van der Waals surface area (Å²) in [5.74, 6) is 0.164. The molecule has 0 spiro atoms. The third-order valence-corrected chi connectivity index (χ3v) is 3.39. The van der Waals surface area contributed by atoms with Crippen molar-refractivity contribution in [1.29, 1.82) is 0 Å². The molecular weight excluding hydrogens is 268 g/mol. The molecule has 2 aromatic rings. The van der Waals surface area contributed by atoms with E-state index < -0.39 is 5.63 Å². The van der Waals surface area contributed by atoms with Crippen LogP contribution in [0.1, 0.15) is 44.6 Å². The zero-order valence-corrected chi connectivity index (χ0v) is 12.5. The molecule has 0 aliphatic heterocycles. The molecule has 0 unspecified atom stereocenters. The fraction of sp³-hybridized carbons (Fsp3) is 0.412. The van der Waals surface area contributed by atoms with Gasteiger partial charge in [-0.2, -0.15) is 0 Å². The predicted octanol–water partition coefficient (Wildman–Crippen LogP) is 3.98. The fourth-order valence-corrected chi connectivity index (χ4v) is 2.25. The van der Waals surface area contributed by atoms with Crippen molar-refractivity contribution in [1.82, 2.24) is 0 Å². The van der Waals surface area contributed by atoms with E-state index in [0.717, 1.165) is 36.6 Å². The Hall–Kier alpha value is -2.10. The number of aryl methyl sites for hydroxylation is 1. The van der Waals surface area contributed by atoms with E-state index in [1.54, 1.807) is 18.2 Å². The van der Waals surface area contributed by atoms with E-state index in [4.69, 9.17) is 9.15 Å². The van der Waals surface area contributed by atoms with Crippen LogP contribution in [-0.2, 0) is 4.79 Å². The van der Waals surface area contributed by atoms with Crippen LogP contribution in [0.5, 0.6) is 5.75 Å². The van der Waals surface area contributed by atoms with Gasteiger partial charge in [-0.1, -0.05) is 26.2 Å². The molecule has 1 heterocycles. The average molecular weight is 288 g/mol. The summed E-state index contributed by atoms with van der Waals surface area (Å²) in [6.07, 6.45) is 4.56. The number of unbranched alkanes of at least 4 members (excludes halogenated alkanes) is 3. The summed E-state index contributed by atoms with van der Waals surface area (Å²) in [6.45, 7) is 3.97. The topological polar surface area (TPSA) is 56.5 Å². The number of hydrogen-bond acceptors (Lipinski definition) is 4. The quantitative estimate of drug-likeness (QED) is 0.349. The van der Waals surface area contributed by atoms with Crippen LogP contribution in [0.2, 0.25) is 0 Å². The highest BCUT2D eigenvalue weighted by molar-refractivity contribution is 5.82. The molecule has 0 amide bonds. The van der Waals surface area contributed by atoms with Crippen molar-refractivity contribution >= 4 is 16.9 Å². The third kappa shape index (κ3) is 4.18. The second-order valence-electron chi connectivity index (χ2n) is 5.19. The summed E-state index contributed by atoms with van der Waals surface area (Å²) >= 11 is 0. The highest BCUT2D eigenvalue weighted by Crippen LogP contribution is 2.22. The maximum absolute atomic E-state index is 11.7. The molecule has 1 aromatic carbocycles. The first-order chi connectivity index (χ1) is 10.1. The van der Waals surface area contributed by atoms with Gasteiger partial charge in [0.1, 0.15) is 11.3 Å². The molecule has 2 rings (SSSR count). The SMILES string of the molecule is CCCCCCC(=O)Oc1ccc2c(C)cc(=O)oc2c1. The number of hydrogen-bond donors (Lipinski definition) is 0. The predicted molar refractivity (Wildman–Crippen MR) is 81.6 cm³/mol. The van der Waals surface area contributed by atoms with Crippen molar-refractivity contribution in [3.8, 4) is 5.75 Å². The van der Waals surface area contributed by atoms with Gasteiger partial charge in [-0.05, 0) is 31.0 Å². The molecule has 0 saturated heterocycles. The summed E-state index contributed by atoms with van der Waals surface area (Å²) in [6, 6.07) is 6.56. The minimum absolute atomic E-state index is 0.250. The highest BCUT2D eigenvalue weighted by Gasteiger charge is 2.08. The van der Waals surface area contributed by atoms with Gasteiger partial charge in [-0.15, -0.1) is 0 Å². The van der Waals surface area contributed by atoms with Gasteiger partial charge in [0.15, 0.2) is 0 Å². The normalized spacial score (nSPS) is 10.8. The lowest BCUT2D eigenvalue weighted by Gasteiger charge is -2.06. The van der Waals surface area contributed by atoms with Crippen LogP contribution in [-0.4, -0.2) is 5.97 Å². The first-order valence-electron chi connectivity index (χ1n) is 7.35. The second-order valence-corrected chi connectivity index (χ2v) is 5.19. The molecule has 21 heavy (non-hydrogen) atoms. The molecule has 0 fully saturated rings. The Labute approximate surface area is 123 Å². The molecular formula is C17H20O4. The summed E-state index contributed by atoms with van der Waals surface area (Å²) in [4.78, 5) is 23.1. The number of carbonyl (C=O) groups excluding carboxylic acids is 1. The molecule has 0 aliphatic carbocycles. The van der Waals surface area contributed by atoms with Gasteiger partial charge < -0.3 is 9.15 Å². The van der Waals surface area contributed by atoms with Crippen molar-refractivity contribution in [2.45, 2.75) is 46.0 Å². The van der Waals surface area contributed by atoms with Crippen molar-refractivity contribution in [3.05, 3.63) is 40.2 Å². The van der Waals surface area contributed by atoms with Gasteiger partial charge in [0, 0.05) is 23.9 Å². The van der Waals surface area contributed by atoms with Crippen LogP contribution in [0.3, 0.4) is 0 Å². The molecule has 0 atom stereocenters. The standard InChI is InChI=1S/C17H20O4/c1-3-4-5-6-7-16(18)20-13-8-9-14-12(2)10-17(19)21-15(14)11-13/h8-11H,3-7H2,1-2H3. The van der Waals surface area contributed by atoms with Gasteiger partial charge in [-0.3, -0.25) is 4.79 Å². The van der Waals surface area contributed by atoms with Crippen molar-refractivity contribution in [2.24, 2.45) is 0 Å². The maximum Gasteiger partial charge on any atom is 0.336 e. The molecule has 4 nitrogen and oxygen atoms in total. The first kappa shape index (κ1) is 15.3. The van der Waals surface area contributed by atoms with E-state index in [2.05, 4.69) is 6.92 Å². The van der Waals surface area contributed by atoms with Gasteiger partial charge in [0.05, 0.1) is 0 Å². The summed E-state index contributed by atoms with van der Waals surface area (Å²) in [5.41, 5.74) is 0.887. The van der Waals surface area contributed by atoms with E-state index in [-0.39, 0.29) is 5.97 Å². The Morgan fingerprint density at radius 3 is 2.76 bits per heavy atom. The summed E-state index contributed by atoms with van der Waals surface area (Å²) in [5, 5.41) is 0.845. The minimum atomic E-state index is -0.400. The third-order valence-electron chi connectivity index (χ3n) is 3.39. The summed E-state index contributed by atoms with van der Waals surface area (Å²) in [7, 11) is 0. The van der Waals surface area contributed by atoms with Gasteiger partial charge in [0.25, 0.3) is 0 Å². The van der Waals surface area contributed by atoms with Crippen molar-refractivity contribution in [3.63, 3.8) is 0 Å². The number of ether oxygens (including phenoxy) is 1. The Balaban J connectivity index is 2.05. The van der Waals surface area contributed by atoms with Crippen LogP contribution >= 0.6 is 0 Å². The van der Waals surface area contributed by atoms with Crippen LogP contribution in [0, 0.1) is 6.92 Å².